The van der Waals surface area contributed by atoms with Crippen molar-refractivity contribution in [3.05, 3.63) is 36.1 Å². The first-order valence-electron chi connectivity index (χ1n) is 9.01. The second-order valence-corrected chi connectivity index (χ2v) is 8.09. The van der Waals surface area contributed by atoms with Crippen LogP contribution >= 0.6 is 0 Å². The fraction of sp³-hybridized carbons (Fsp3) is 0.550. The Labute approximate surface area is 152 Å². The molecule has 2 fully saturated rings. The smallest absolute Gasteiger partial charge is 0.175 e. The van der Waals surface area contributed by atoms with Gasteiger partial charge in [-0.15, -0.1) is 0 Å². The fourth-order valence-corrected chi connectivity index (χ4v) is 4.38. The van der Waals surface area contributed by atoms with Crippen molar-refractivity contribution in [1.29, 1.82) is 0 Å². The van der Waals surface area contributed by atoms with E-state index >= 15 is 0 Å². The average molecular weight is 360 g/mol. The van der Waals surface area contributed by atoms with Gasteiger partial charge in [-0.3, -0.25) is 4.79 Å². The fourth-order valence-electron chi connectivity index (χ4n) is 4.38. The quantitative estimate of drug-likeness (QED) is 0.742. The van der Waals surface area contributed by atoms with E-state index < -0.39 is 23.7 Å². The first-order chi connectivity index (χ1) is 12.3. The molecule has 0 bridgehead atoms. The Morgan fingerprint density at radius 2 is 1.81 bits per heavy atom. The number of phenols is 1. The molecule has 26 heavy (non-hydrogen) atoms. The van der Waals surface area contributed by atoms with Gasteiger partial charge in [0.05, 0.1) is 41.7 Å². The molecular formula is C20H24O6. The number of benzene rings is 1. The van der Waals surface area contributed by atoms with E-state index in [0.29, 0.717) is 24.0 Å². The van der Waals surface area contributed by atoms with E-state index in [-0.39, 0.29) is 29.7 Å². The van der Waals surface area contributed by atoms with E-state index in [0.717, 1.165) is 0 Å². The van der Waals surface area contributed by atoms with E-state index in [1.807, 2.05) is 0 Å². The zero-order chi connectivity index (χ0) is 18.6. The Balaban J connectivity index is 1.59. The number of phenolic OH excluding ortho intramolecular Hbond substituents is 1. The lowest BCUT2D eigenvalue weighted by Crippen LogP contribution is -2.52. The number of carbonyl (C=O) groups excluding carboxylic acids is 1. The minimum Gasteiger partial charge on any atom is -0.508 e. The number of fused-ring (bicyclic) bond motifs is 2. The van der Waals surface area contributed by atoms with Crippen LogP contribution in [-0.4, -0.2) is 51.1 Å². The Morgan fingerprint density at radius 1 is 1.12 bits per heavy atom. The molecule has 1 saturated carbocycles. The molecule has 2 heterocycles. The van der Waals surface area contributed by atoms with Gasteiger partial charge in [0.1, 0.15) is 11.9 Å². The summed E-state index contributed by atoms with van der Waals surface area (Å²) in [6, 6.07) is 6.34. The van der Waals surface area contributed by atoms with Crippen LogP contribution in [0.3, 0.4) is 0 Å². The van der Waals surface area contributed by atoms with Crippen LogP contribution < -0.4 is 0 Å². The Morgan fingerprint density at radius 3 is 2.46 bits per heavy atom. The maximum absolute atomic E-state index is 13.1. The first-order valence-corrected chi connectivity index (χ1v) is 9.01. The predicted octanol–water partition coefficient (Wildman–Crippen LogP) is 1.63. The number of aliphatic hydroxyl groups excluding tert-OH is 1. The van der Waals surface area contributed by atoms with E-state index in [9.17, 15) is 20.1 Å². The van der Waals surface area contributed by atoms with Gasteiger partial charge in [-0.25, -0.2) is 0 Å². The topological polar surface area (TPSA) is 96.2 Å². The molecule has 4 rings (SSSR count). The molecule has 3 N–H and O–H groups in total. The normalized spacial score (nSPS) is 36.8. The number of hydrogen-bond acceptors (Lipinski definition) is 6. The highest BCUT2D eigenvalue weighted by molar-refractivity contribution is 6.22. The summed E-state index contributed by atoms with van der Waals surface area (Å²) in [5, 5.41) is 30.6. The van der Waals surface area contributed by atoms with E-state index in [2.05, 4.69) is 0 Å². The molecule has 6 atom stereocenters. The molecule has 0 amide bonds. The van der Waals surface area contributed by atoms with Gasteiger partial charge in [0.15, 0.2) is 5.78 Å². The van der Waals surface area contributed by atoms with Crippen LogP contribution in [0.2, 0.25) is 0 Å². The number of ether oxygens (including phenoxy) is 2. The van der Waals surface area contributed by atoms with Crippen molar-refractivity contribution in [3.63, 3.8) is 0 Å². The van der Waals surface area contributed by atoms with Crippen molar-refractivity contribution >= 4 is 11.4 Å². The summed E-state index contributed by atoms with van der Waals surface area (Å²) in [7, 11) is 0. The molecule has 3 aliphatic rings. The molecule has 6 nitrogen and oxygen atoms in total. The highest BCUT2D eigenvalue weighted by Crippen LogP contribution is 2.46. The van der Waals surface area contributed by atoms with Crippen LogP contribution in [0.4, 0.5) is 0 Å². The van der Waals surface area contributed by atoms with E-state index in [1.165, 1.54) is 18.4 Å². The number of aliphatic hydroxyl groups is 2. The molecule has 0 aromatic heterocycles. The molecule has 6 heteroatoms. The molecule has 6 unspecified atom stereocenters. The molecule has 1 aromatic rings. The largest absolute Gasteiger partial charge is 0.508 e. The van der Waals surface area contributed by atoms with E-state index in [1.54, 1.807) is 26.0 Å². The van der Waals surface area contributed by atoms with Crippen LogP contribution in [0, 0.1) is 11.8 Å². The summed E-state index contributed by atoms with van der Waals surface area (Å²) in [5.74, 6) is -0.865. The summed E-state index contributed by atoms with van der Waals surface area (Å²) in [6.45, 7) is 3.39. The minimum absolute atomic E-state index is 0.123. The average Bonchev–Trinajstić information content (AvgIpc) is 3.01. The second-order valence-electron chi connectivity index (χ2n) is 8.09. The lowest BCUT2D eigenvalue weighted by molar-refractivity contribution is -0.148. The van der Waals surface area contributed by atoms with Gasteiger partial charge >= 0.3 is 0 Å². The summed E-state index contributed by atoms with van der Waals surface area (Å²) in [4.78, 5) is 13.1. The zero-order valence-corrected chi connectivity index (χ0v) is 14.8. The molecule has 1 aliphatic carbocycles. The second kappa shape index (κ2) is 6.08. The number of carbonyl (C=O) groups is 1. The van der Waals surface area contributed by atoms with Gasteiger partial charge in [-0.1, -0.05) is 12.1 Å². The van der Waals surface area contributed by atoms with Crippen LogP contribution in [0.15, 0.2) is 30.5 Å². The summed E-state index contributed by atoms with van der Waals surface area (Å²) in [5.41, 5.74) is 0.0575. The summed E-state index contributed by atoms with van der Waals surface area (Å²) in [6.07, 6.45) is 0.588. The number of rotatable bonds is 2. The lowest BCUT2D eigenvalue weighted by Gasteiger charge is -2.42. The van der Waals surface area contributed by atoms with Crippen molar-refractivity contribution in [3.8, 4) is 5.75 Å². The summed E-state index contributed by atoms with van der Waals surface area (Å²) < 4.78 is 11.8. The van der Waals surface area contributed by atoms with Crippen LogP contribution in [0.25, 0.3) is 5.57 Å². The van der Waals surface area contributed by atoms with Gasteiger partial charge in [-0.05, 0) is 38.0 Å². The molecule has 0 radical (unpaired) electrons. The molecule has 1 aromatic carbocycles. The predicted molar refractivity (Wildman–Crippen MR) is 93.1 cm³/mol. The standard InChI is InChI=1S/C20H24O6/c1-20(2,24)16-7-12-14(26-16)8-15-17(18(12)22)19(23)13(9-25-15)10-3-5-11(21)6-4-10/h3-6,9,12,14-18,21-22,24H,7-8H2,1-2H3. The van der Waals surface area contributed by atoms with Crippen molar-refractivity contribution in [2.45, 2.75) is 56.7 Å². The highest BCUT2D eigenvalue weighted by Gasteiger charge is 2.55. The lowest BCUT2D eigenvalue weighted by atomic mass is 9.70. The molecule has 1 saturated heterocycles. The number of hydrogen-bond donors (Lipinski definition) is 3. The van der Waals surface area contributed by atoms with Crippen LogP contribution in [0.1, 0.15) is 32.3 Å². The monoisotopic (exact) mass is 360 g/mol. The van der Waals surface area contributed by atoms with Crippen LogP contribution in [-0.2, 0) is 14.3 Å². The minimum atomic E-state index is -0.997. The first kappa shape index (κ1) is 17.5. The maximum Gasteiger partial charge on any atom is 0.175 e. The third-order valence-electron chi connectivity index (χ3n) is 5.87. The summed E-state index contributed by atoms with van der Waals surface area (Å²) >= 11 is 0. The Kier molecular flexibility index (Phi) is 4.10. The molecule has 0 spiro atoms. The van der Waals surface area contributed by atoms with Crippen molar-refractivity contribution in [1.82, 2.24) is 0 Å². The maximum atomic E-state index is 13.1. The molecular weight excluding hydrogens is 336 g/mol. The highest BCUT2D eigenvalue weighted by atomic mass is 16.5. The van der Waals surface area contributed by atoms with Gasteiger partial charge in [0.2, 0.25) is 0 Å². The molecule has 2 aliphatic heterocycles. The number of aromatic hydroxyl groups is 1. The number of allylic oxidation sites excluding steroid dienone is 1. The third-order valence-corrected chi connectivity index (χ3v) is 5.87. The van der Waals surface area contributed by atoms with Gasteiger partial charge in [0, 0.05) is 12.3 Å². The van der Waals surface area contributed by atoms with Crippen molar-refractivity contribution in [2.75, 3.05) is 0 Å². The van der Waals surface area contributed by atoms with Crippen molar-refractivity contribution in [2.24, 2.45) is 11.8 Å². The Bertz CT molecular complexity index is 732. The van der Waals surface area contributed by atoms with Gasteiger partial charge < -0.3 is 24.8 Å². The van der Waals surface area contributed by atoms with Gasteiger partial charge in [-0.2, -0.15) is 0 Å². The Hall–Kier alpha value is -1.89. The third kappa shape index (κ3) is 2.82. The zero-order valence-electron chi connectivity index (χ0n) is 14.8. The van der Waals surface area contributed by atoms with E-state index in [4.69, 9.17) is 9.47 Å². The van der Waals surface area contributed by atoms with Gasteiger partial charge in [0.25, 0.3) is 0 Å². The van der Waals surface area contributed by atoms with Crippen LogP contribution in [0.5, 0.6) is 5.75 Å². The number of Topliss-reactive ketones (excluding diaryl/α,β-unsaturated/α-hetero) is 1. The number of ketones is 1. The SMILES string of the molecule is CC(C)(O)C1CC2C(CC3OC=C(c4ccc(O)cc4)C(=O)C3C2O)O1. The van der Waals surface area contributed by atoms with Crippen molar-refractivity contribution < 1.29 is 29.6 Å². The molecule has 140 valence electrons.